The molecule has 0 radical (unpaired) electrons. The summed E-state index contributed by atoms with van der Waals surface area (Å²) < 4.78 is 11.2. The monoisotopic (exact) mass is 302 g/mol. The molecule has 1 unspecified atom stereocenters. The largest absolute Gasteiger partial charge is 0.497 e. The first kappa shape index (κ1) is 13.8. The van der Waals surface area contributed by atoms with E-state index < -0.39 is 11.9 Å². The van der Waals surface area contributed by atoms with E-state index in [1.54, 1.807) is 33.3 Å². The van der Waals surface area contributed by atoms with Crippen molar-refractivity contribution in [3.05, 3.63) is 22.2 Å². The summed E-state index contributed by atoms with van der Waals surface area (Å²) in [5, 5.41) is 8.92. The van der Waals surface area contributed by atoms with E-state index in [9.17, 15) is 4.79 Å². The number of halogens is 1. The van der Waals surface area contributed by atoms with Crippen molar-refractivity contribution < 1.29 is 19.4 Å². The van der Waals surface area contributed by atoms with Gasteiger partial charge in [0.25, 0.3) is 0 Å². The minimum absolute atomic E-state index is 0.406. The number of hydrogen-bond acceptors (Lipinski definition) is 3. The highest BCUT2D eigenvalue weighted by Gasteiger charge is 2.18. The number of rotatable bonds is 5. The van der Waals surface area contributed by atoms with Crippen LogP contribution in [0.5, 0.6) is 11.5 Å². The van der Waals surface area contributed by atoms with E-state index in [0.29, 0.717) is 17.9 Å². The molecule has 0 heterocycles. The van der Waals surface area contributed by atoms with Gasteiger partial charge in [-0.3, -0.25) is 4.79 Å². The molecule has 94 valence electrons. The predicted molar refractivity (Wildman–Crippen MR) is 67.7 cm³/mol. The maximum Gasteiger partial charge on any atom is 0.306 e. The lowest BCUT2D eigenvalue weighted by molar-refractivity contribution is -0.141. The molecule has 0 fully saturated rings. The summed E-state index contributed by atoms with van der Waals surface area (Å²) in [7, 11) is 3.12. The molecule has 17 heavy (non-hydrogen) atoms. The average molecular weight is 303 g/mol. The number of ether oxygens (including phenoxy) is 2. The average Bonchev–Trinajstić information content (AvgIpc) is 2.30. The van der Waals surface area contributed by atoms with Gasteiger partial charge in [0.1, 0.15) is 11.5 Å². The summed E-state index contributed by atoms with van der Waals surface area (Å²) >= 11 is 3.40. The van der Waals surface area contributed by atoms with E-state index in [2.05, 4.69) is 15.9 Å². The summed E-state index contributed by atoms with van der Waals surface area (Å²) in [6.45, 7) is 1.67. The maximum absolute atomic E-state index is 10.9. The Labute approximate surface area is 109 Å². The van der Waals surface area contributed by atoms with Crippen molar-refractivity contribution in [1.29, 1.82) is 0 Å². The van der Waals surface area contributed by atoms with Crippen molar-refractivity contribution in [3.8, 4) is 11.5 Å². The number of carboxylic acid groups (broad SMARTS) is 1. The Morgan fingerprint density at radius 3 is 2.53 bits per heavy atom. The topological polar surface area (TPSA) is 55.8 Å². The van der Waals surface area contributed by atoms with E-state index in [1.165, 1.54) is 0 Å². The molecule has 0 amide bonds. The lowest BCUT2D eigenvalue weighted by Crippen LogP contribution is -2.13. The Kier molecular flexibility index (Phi) is 4.81. The van der Waals surface area contributed by atoms with Crippen molar-refractivity contribution in [2.24, 2.45) is 5.92 Å². The van der Waals surface area contributed by atoms with Crippen LogP contribution in [-0.4, -0.2) is 25.3 Å². The van der Waals surface area contributed by atoms with Gasteiger partial charge in [0.05, 0.1) is 20.1 Å². The Hall–Kier alpha value is -1.23. The quantitative estimate of drug-likeness (QED) is 0.908. The highest BCUT2D eigenvalue weighted by Crippen LogP contribution is 2.34. The number of methoxy groups -OCH3 is 2. The zero-order valence-corrected chi connectivity index (χ0v) is 11.6. The van der Waals surface area contributed by atoms with Crippen molar-refractivity contribution >= 4 is 21.9 Å². The molecular formula is C12H15BrO4. The van der Waals surface area contributed by atoms with E-state index in [0.717, 1.165) is 10.0 Å². The van der Waals surface area contributed by atoms with Crippen LogP contribution in [0.25, 0.3) is 0 Å². The van der Waals surface area contributed by atoms with Gasteiger partial charge in [-0.15, -0.1) is 0 Å². The highest BCUT2D eigenvalue weighted by molar-refractivity contribution is 9.10. The van der Waals surface area contributed by atoms with Gasteiger partial charge in [0.2, 0.25) is 0 Å². The van der Waals surface area contributed by atoms with Gasteiger partial charge < -0.3 is 14.6 Å². The molecule has 1 aromatic carbocycles. The third-order valence-electron chi connectivity index (χ3n) is 2.52. The molecule has 0 saturated carbocycles. The Morgan fingerprint density at radius 1 is 1.41 bits per heavy atom. The fourth-order valence-electron chi connectivity index (χ4n) is 1.48. The molecule has 1 aromatic rings. The fourth-order valence-corrected chi connectivity index (χ4v) is 2.06. The zero-order valence-electron chi connectivity index (χ0n) is 9.99. The van der Waals surface area contributed by atoms with Gasteiger partial charge in [-0.1, -0.05) is 22.9 Å². The molecule has 0 aliphatic rings. The van der Waals surface area contributed by atoms with Crippen molar-refractivity contribution in [3.63, 3.8) is 0 Å². The maximum atomic E-state index is 10.9. The van der Waals surface area contributed by atoms with Gasteiger partial charge in [0, 0.05) is 16.1 Å². The first-order chi connectivity index (χ1) is 7.99. The van der Waals surface area contributed by atoms with Crippen LogP contribution < -0.4 is 9.47 Å². The lowest BCUT2D eigenvalue weighted by Gasteiger charge is -2.14. The molecule has 4 nitrogen and oxygen atoms in total. The Morgan fingerprint density at radius 2 is 2.06 bits per heavy atom. The van der Waals surface area contributed by atoms with Crippen molar-refractivity contribution in [2.45, 2.75) is 13.3 Å². The summed E-state index contributed by atoms with van der Waals surface area (Å²) in [6, 6.07) is 3.54. The van der Waals surface area contributed by atoms with Crippen LogP contribution in [0.3, 0.4) is 0 Å². The van der Waals surface area contributed by atoms with Gasteiger partial charge in [-0.2, -0.15) is 0 Å². The molecular weight excluding hydrogens is 288 g/mol. The van der Waals surface area contributed by atoms with Gasteiger partial charge in [0.15, 0.2) is 0 Å². The second kappa shape index (κ2) is 5.91. The molecule has 0 aromatic heterocycles. The summed E-state index contributed by atoms with van der Waals surface area (Å²) in [5.41, 5.74) is 0.836. The van der Waals surface area contributed by atoms with Crippen molar-refractivity contribution in [1.82, 2.24) is 0 Å². The molecule has 0 spiro atoms. The lowest BCUT2D eigenvalue weighted by atomic mass is 10.0. The van der Waals surface area contributed by atoms with Gasteiger partial charge in [-0.05, 0) is 12.5 Å². The predicted octanol–water partition coefficient (Wildman–Crippen LogP) is 2.73. The molecule has 1 N–H and O–H groups in total. The molecule has 0 aliphatic heterocycles. The third-order valence-corrected chi connectivity index (χ3v) is 3.22. The number of hydrogen-bond donors (Lipinski definition) is 1. The number of benzene rings is 1. The number of aliphatic carboxylic acids is 1. The van der Waals surface area contributed by atoms with Crippen LogP contribution >= 0.6 is 15.9 Å². The molecule has 0 bridgehead atoms. The second-order valence-corrected chi connectivity index (χ2v) is 4.59. The number of carboxylic acids is 1. The SMILES string of the molecule is COc1cc(Br)c(CC(C)C(=O)O)c(OC)c1. The highest BCUT2D eigenvalue weighted by atomic mass is 79.9. The molecule has 1 atom stereocenters. The van der Waals surface area contributed by atoms with E-state index in [4.69, 9.17) is 14.6 Å². The van der Waals surface area contributed by atoms with Gasteiger partial charge >= 0.3 is 5.97 Å². The standard InChI is InChI=1S/C12H15BrO4/c1-7(12(14)15)4-9-10(13)5-8(16-2)6-11(9)17-3/h5-7H,4H2,1-3H3,(H,14,15). The summed E-state index contributed by atoms with van der Waals surface area (Å²) in [5.74, 6) is 0.00754. The Balaban J connectivity index is 3.09. The van der Waals surface area contributed by atoms with E-state index in [1.807, 2.05) is 0 Å². The summed E-state index contributed by atoms with van der Waals surface area (Å²) in [4.78, 5) is 10.9. The minimum atomic E-state index is -0.824. The van der Waals surface area contributed by atoms with Crippen LogP contribution in [0.4, 0.5) is 0 Å². The summed E-state index contributed by atoms with van der Waals surface area (Å²) in [6.07, 6.45) is 0.406. The molecule has 0 aliphatic carbocycles. The minimum Gasteiger partial charge on any atom is -0.497 e. The molecule has 1 rings (SSSR count). The molecule has 0 saturated heterocycles. The van der Waals surface area contributed by atoms with Crippen molar-refractivity contribution in [2.75, 3.05) is 14.2 Å². The van der Waals surface area contributed by atoms with Crippen LogP contribution in [0.2, 0.25) is 0 Å². The first-order valence-corrected chi connectivity index (χ1v) is 5.92. The van der Waals surface area contributed by atoms with Gasteiger partial charge in [-0.25, -0.2) is 0 Å². The van der Waals surface area contributed by atoms with E-state index in [-0.39, 0.29) is 0 Å². The van der Waals surface area contributed by atoms with Crippen LogP contribution in [0, 0.1) is 5.92 Å². The normalized spacial score (nSPS) is 12.0. The first-order valence-electron chi connectivity index (χ1n) is 5.12. The zero-order chi connectivity index (χ0) is 13.0. The van der Waals surface area contributed by atoms with Crippen LogP contribution in [-0.2, 0) is 11.2 Å². The smallest absolute Gasteiger partial charge is 0.306 e. The Bertz CT molecular complexity index is 417. The third kappa shape index (κ3) is 3.36. The molecule has 5 heteroatoms. The number of carbonyl (C=O) groups is 1. The fraction of sp³-hybridized carbons (Fsp3) is 0.417. The second-order valence-electron chi connectivity index (χ2n) is 3.73. The van der Waals surface area contributed by atoms with Crippen LogP contribution in [0.1, 0.15) is 12.5 Å². The van der Waals surface area contributed by atoms with E-state index >= 15 is 0 Å². The van der Waals surface area contributed by atoms with Crippen LogP contribution in [0.15, 0.2) is 16.6 Å².